The molecule has 0 fully saturated rings. The molecule has 3 aromatic heterocycles. The summed E-state index contributed by atoms with van der Waals surface area (Å²) in [4.78, 5) is 4.53. The number of aryl methyl sites for hydroxylation is 2. The van der Waals surface area contributed by atoms with E-state index in [0.29, 0.717) is 5.88 Å². The Morgan fingerprint density at radius 2 is 1.75 bits per heavy atom. The lowest BCUT2D eigenvalue weighted by molar-refractivity contribution is 0.466. The van der Waals surface area contributed by atoms with E-state index in [1.807, 2.05) is 42.6 Å². The number of para-hydroxylation sites is 1. The second-order valence-electron chi connectivity index (χ2n) is 6.83. The fourth-order valence-corrected chi connectivity index (χ4v) is 3.91. The number of benzene rings is 2. The van der Waals surface area contributed by atoms with Crippen LogP contribution >= 0.6 is 12.4 Å². The van der Waals surface area contributed by atoms with E-state index in [1.54, 1.807) is 0 Å². The van der Waals surface area contributed by atoms with Gasteiger partial charge in [-0.1, -0.05) is 18.2 Å². The maximum atomic E-state index is 6.26. The van der Waals surface area contributed by atoms with Crippen LogP contribution in [0, 0.1) is 13.8 Å². The van der Waals surface area contributed by atoms with Gasteiger partial charge in [0, 0.05) is 34.6 Å². The Balaban J connectivity index is 0.00000192. The molecular formula is C23H21ClN2O2. The highest BCUT2D eigenvalue weighted by atomic mass is 35.5. The molecule has 0 amide bonds. The van der Waals surface area contributed by atoms with Crippen LogP contribution in [0.5, 0.6) is 11.6 Å². The first-order valence-electron chi connectivity index (χ1n) is 9.21. The minimum atomic E-state index is 0. The van der Waals surface area contributed by atoms with E-state index in [0.717, 1.165) is 39.7 Å². The van der Waals surface area contributed by atoms with Crippen molar-refractivity contribution in [1.29, 1.82) is 0 Å². The van der Waals surface area contributed by atoms with Gasteiger partial charge in [0.1, 0.15) is 22.4 Å². The summed E-state index contributed by atoms with van der Waals surface area (Å²) in [5.41, 5.74) is 5.32. The van der Waals surface area contributed by atoms with E-state index in [2.05, 4.69) is 42.5 Å². The largest absolute Gasteiger partial charge is 0.456 e. The van der Waals surface area contributed by atoms with E-state index in [1.165, 1.54) is 16.6 Å². The minimum Gasteiger partial charge on any atom is -0.456 e. The molecule has 0 spiro atoms. The molecule has 0 aliphatic carbocycles. The average molecular weight is 393 g/mol. The lowest BCUT2D eigenvalue weighted by Gasteiger charge is -2.10. The van der Waals surface area contributed by atoms with Gasteiger partial charge >= 0.3 is 0 Å². The van der Waals surface area contributed by atoms with E-state index in [9.17, 15) is 0 Å². The molecule has 0 saturated carbocycles. The van der Waals surface area contributed by atoms with Crippen LogP contribution in [0.3, 0.4) is 0 Å². The van der Waals surface area contributed by atoms with Crippen molar-refractivity contribution in [2.75, 3.05) is 0 Å². The van der Waals surface area contributed by atoms with Crippen molar-refractivity contribution in [1.82, 2.24) is 9.55 Å². The number of nitrogens with zero attached hydrogens (tertiary/aromatic N) is 2. The van der Waals surface area contributed by atoms with E-state index in [4.69, 9.17) is 9.15 Å². The summed E-state index contributed by atoms with van der Waals surface area (Å²) in [5, 5.41) is 3.33. The Labute approximate surface area is 169 Å². The fraction of sp³-hybridized carbons (Fsp3) is 0.174. The first-order chi connectivity index (χ1) is 13.2. The van der Waals surface area contributed by atoms with Gasteiger partial charge < -0.3 is 13.7 Å². The predicted molar refractivity (Wildman–Crippen MR) is 116 cm³/mol. The van der Waals surface area contributed by atoms with Gasteiger partial charge in [0.15, 0.2) is 0 Å². The highest BCUT2D eigenvalue weighted by Crippen LogP contribution is 2.36. The topological polar surface area (TPSA) is 40.2 Å². The maximum absolute atomic E-state index is 6.26. The molecule has 0 aliphatic heterocycles. The monoisotopic (exact) mass is 392 g/mol. The zero-order chi connectivity index (χ0) is 18.5. The molecule has 2 aromatic carbocycles. The molecule has 0 aliphatic rings. The molecule has 0 unspecified atom stereocenters. The lowest BCUT2D eigenvalue weighted by Crippen LogP contribution is -1.99. The molecule has 4 nitrogen and oxygen atoms in total. The van der Waals surface area contributed by atoms with Crippen LogP contribution in [0.4, 0.5) is 0 Å². The molecule has 5 rings (SSSR count). The number of rotatable bonds is 3. The van der Waals surface area contributed by atoms with E-state index >= 15 is 0 Å². The number of halogens is 1. The second kappa shape index (κ2) is 6.88. The first-order valence-corrected chi connectivity index (χ1v) is 9.21. The molecule has 0 radical (unpaired) electrons. The number of ether oxygens (including phenoxy) is 1. The summed E-state index contributed by atoms with van der Waals surface area (Å²) < 4.78 is 14.4. The normalized spacial score (nSPS) is 11.2. The Hall–Kier alpha value is -2.98. The van der Waals surface area contributed by atoms with E-state index in [-0.39, 0.29) is 12.4 Å². The zero-order valence-electron chi connectivity index (χ0n) is 16.0. The predicted octanol–water partition coefficient (Wildman–Crippen LogP) is 6.79. The van der Waals surface area contributed by atoms with Gasteiger partial charge in [-0.15, -0.1) is 12.4 Å². The van der Waals surface area contributed by atoms with Gasteiger partial charge in [-0.2, -0.15) is 0 Å². The Morgan fingerprint density at radius 3 is 2.57 bits per heavy atom. The standard InChI is InChI=1S/C23H20N2O2.ClH/c1-4-25-15(3)14(2)17-11-12-24-23(22(17)25)26-16-9-10-21-19(13-16)18-7-5-6-8-20(18)27-21;/h5-13H,4H2,1-3H3;1H. The zero-order valence-corrected chi connectivity index (χ0v) is 16.8. The van der Waals surface area contributed by atoms with Crippen molar-refractivity contribution in [3.8, 4) is 11.6 Å². The molecule has 142 valence electrons. The fourth-order valence-electron chi connectivity index (χ4n) is 3.91. The third-order valence-electron chi connectivity index (χ3n) is 5.39. The number of hydrogen-bond donors (Lipinski definition) is 0. The van der Waals surface area contributed by atoms with Gasteiger partial charge in [-0.3, -0.25) is 0 Å². The summed E-state index contributed by atoms with van der Waals surface area (Å²) in [5.74, 6) is 1.39. The van der Waals surface area contributed by atoms with Gasteiger partial charge in [-0.25, -0.2) is 4.98 Å². The number of pyridine rings is 1. The van der Waals surface area contributed by atoms with Crippen molar-refractivity contribution >= 4 is 45.2 Å². The average Bonchev–Trinajstić information content (AvgIpc) is 3.18. The summed E-state index contributed by atoms with van der Waals surface area (Å²) in [6.07, 6.45) is 1.82. The Morgan fingerprint density at radius 1 is 0.964 bits per heavy atom. The first kappa shape index (κ1) is 18.4. The van der Waals surface area contributed by atoms with Crippen molar-refractivity contribution < 1.29 is 9.15 Å². The molecule has 3 heterocycles. The maximum Gasteiger partial charge on any atom is 0.244 e. The molecule has 0 N–H and O–H groups in total. The van der Waals surface area contributed by atoms with Crippen LogP contribution < -0.4 is 4.74 Å². The quantitative estimate of drug-likeness (QED) is 0.339. The third kappa shape index (κ3) is 2.64. The van der Waals surface area contributed by atoms with Crippen molar-refractivity contribution in [2.24, 2.45) is 0 Å². The molecule has 28 heavy (non-hydrogen) atoms. The number of furan rings is 1. The number of hydrogen-bond acceptors (Lipinski definition) is 3. The van der Waals surface area contributed by atoms with Crippen molar-refractivity contribution in [3.63, 3.8) is 0 Å². The third-order valence-corrected chi connectivity index (χ3v) is 5.39. The molecule has 0 bridgehead atoms. The molecular weight excluding hydrogens is 372 g/mol. The molecule has 5 aromatic rings. The molecule has 5 heteroatoms. The summed E-state index contributed by atoms with van der Waals surface area (Å²) in [6, 6.07) is 16.0. The Bertz CT molecular complexity index is 1320. The highest BCUT2D eigenvalue weighted by Gasteiger charge is 2.16. The SMILES string of the molecule is CCn1c(C)c(C)c2ccnc(Oc3ccc4oc5ccccc5c4c3)c21.Cl. The van der Waals surface area contributed by atoms with Crippen molar-refractivity contribution in [2.45, 2.75) is 27.3 Å². The van der Waals surface area contributed by atoms with Gasteiger partial charge in [0.2, 0.25) is 5.88 Å². The van der Waals surface area contributed by atoms with Crippen LogP contribution in [-0.2, 0) is 6.54 Å². The highest BCUT2D eigenvalue weighted by molar-refractivity contribution is 6.05. The van der Waals surface area contributed by atoms with Gasteiger partial charge in [-0.05, 0) is 56.7 Å². The lowest BCUT2D eigenvalue weighted by atomic mass is 10.1. The van der Waals surface area contributed by atoms with Gasteiger partial charge in [0.25, 0.3) is 0 Å². The molecule has 0 saturated heterocycles. The summed E-state index contributed by atoms with van der Waals surface area (Å²) >= 11 is 0. The number of aromatic nitrogens is 2. The van der Waals surface area contributed by atoms with Crippen LogP contribution in [0.25, 0.3) is 32.8 Å². The second-order valence-corrected chi connectivity index (χ2v) is 6.83. The van der Waals surface area contributed by atoms with Crippen LogP contribution in [0.2, 0.25) is 0 Å². The van der Waals surface area contributed by atoms with E-state index < -0.39 is 0 Å². The van der Waals surface area contributed by atoms with Gasteiger partial charge in [0.05, 0.1) is 0 Å². The summed E-state index contributed by atoms with van der Waals surface area (Å²) in [6.45, 7) is 7.32. The summed E-state index contributed by atoms with van der Waals surface area (Å²) in [7, 11) is 0. The van der Waals surface area contributed by atoms with Crippen LogP contribution in [-0.4, -0.2) is 9.55 Å². The van der Waals surface area contributed by atoms with Crippen molar-refractivity contribution in [3.05, 3.63) is 66.0 Å². The van der Waals surface area contributed by atoms with Crippen LogP contribution in [0.15, 0.2) is 59.1 Å². The molecule has 0 atom stereocenters. The number of fused-ring (bicyclic) bond motifs is 4. The smallest absolute Gasteiger partial charge is 0.244 e. The van der Waals surface area contributed by atoms with Crippen LogP contribution in [0.1, 0.15) is 18.2 Å². The Kier molecular flexibility index (Phi) is 4.52. The minimum absolute atomic E-state index is 0.